The van der Waals surface area contributed by atoms with Crippen LogP contribution in [0, 0.1) is 13.8 Å². The first-order chi connectivity index (χ1) is 14.6. The standard InChI is InChI=1S/C24H30Cl2N2O3/c1-6-17(4)27-24(30)18(5)28(13-19-9-10-20(25)21(26)12-19)23(29)14-31-22-11-15(2)7-8-16(22)3/h7-12,17-18H,6,13-14H2,1-5H3,(H,27,30)/t17-,18-/m1/s1. The Labute approximate surface area is 194 Å². The highest BCUT2D eigenvalue weighted by atomic mass is 35.5. The topological polar surface area (TPSA) is 58.6 Å². The molecule has 2 aromatic rings. The predicted molar refractivity (Wildman–Crippen MR) is 126 cm³/mol. The SMILES string of the molecule is CC[C@@H](C)NC(=O)[C@@H](C)N(Cc1ccc(Cl)c(Cl)c1)C(=O)COc1cc(C)ccc1C. The Balaban J connectivity index is 2.22. The van der Waals surface area contributed by atoms with Gasteiger partial charge >= 0.3 is 0 Å². The van der Waals surface area contributed by atoms with Crippen LogP contribution in [0.4, 0.5) is 0 Å². The Morgan fingerprint density at radius 3 is 2.42 bits per heavy atom. The molecule has 0 unspecified atom stereocenters. The van der Waals surface area contributed by atoms with Crippen molar-refractivity contribution in [2.45, 2.75) is 59.7 Å². The van der Waals surface area contributed by atoms with Gasteiger partial charge in [-0.3, -0.25) is 9.59 Å². The largest absolute Gasteiger partial charge is 0.483 e. The zero-order valence-corrected chi connectivity index (χ0v) is 20.2. The zero-order chi connectivity index (χ0) is 23.1. The Bertz CT molecular complexity index is 933. The lowest BCUT2D eigenvalue weighted by atomic mass is 10.1. The highest BCUT2D eigenvalue weighted by Gasteiger charge is 2.27. The average Bonchev–Trinajstić information content (AvgIpc) is 2.74. The zero-order valence-electron chi connectivity index (χ0n) is 18.7. The monoisotopic (exact) mass is 464 g/mol. The molecular formula is C24H30Cl2N2O3. The molecule has 7 heteroatoms. The molecule has 0 radical (unpaired) electrons. The van der Waals surface area contributed by atoms with Gasteiger partial charge < -0.3 is 15.0 Å². The van der Waals surface area contributed by atoms with Crippen molar-refractivity contribution in [2.75, 3.05) is 6.61 Å². The molecular weight excluding hydrogens is 435 g/mol. The van der Waals surface area contributed by atoms with E-state index in [1.54, 1.807) is 25.1 Å². The van der Waals surface area contributed by atoms with Crippen molar-refractivity contribution < 1.29 is 14.3 Å². The smallest absolute Gasteiger partial charge is 0.261 e. The van der Waals surface area contributed by atoms with Gasteiger partial charge in [0.1, 0.15) is 11.8 Å². The summed E-state index contributed by atoms with van der Waals surface area (Å²) in [5.74, 6) is 0.146. The van der Waals surface area contributed by atoms with Crippen molar-refractivity contribution >= 4 is 35.0 Å². The number of aryl methyl sites for hydroxylation is 2. The van der Waals surface area contributed by atoms with Crippen LogP contribution in [0.5, 0.6) is 5.75 Å². The van der Waals surface area contributed by atoms with E-state index in [2.05, 4.69) is 5.32 Å². The maximum absolute atomic E-state index is 13.1. The molecule has 0 fully saturated rings. The van der Waals surface area contributed by atoms with Gasteiger partial charge in [0, 0.05) is 12.6 Å². The molecule has 0 heterocycles. The van der Waals surface area contributed by atoms with E-state index >= 15 is 0 Å². The van der Waals surface area contributed by atoms with Gasteiger partial charge in [0.15, 0.2) is 6.61 Å². The summed E-state index contributed by atoms with van der Waals surface area (Å²) in [7, 11) is 0. The van der Waals surface area contributed by atoms with Crippen molar-refractivity contribution in [3.8, 4) is 5.75 Å². The van der Waals surface area contributed by atoms with Crippen LogP contribution in [0.3, 0.4) is 0 Å². The fourth-order valence-electron chi connectivity index (χ4n) is 2.97. The van der Waals surface area contributed by atoms with Crippen LogP contribution in [0.1, 0.15) is 43.9 Å². The number of hydrogen-bond acceptors (Lipinski definition) is 3. The second-order valence-electron chi connectivity index (χ2n) is 7.82. The lowest BCUT2D eigenvalue weighted by molar-refractivity contribution is -0.142. The van der Waals surface area contributed by atoms with Crippen LogP contribution >= 0.6 is 23.2 Å². The number of halogens is 2. The van der Waals surface area contributed by atoms with Gasteiger partial charge in [-0.2, -0.15) is 0 Å². The third-order valence-electron chi connectivity index (χ3n) is 5.20. The van der Waals surface area contributed by atoms with E-state index in [0.717, 1.165) is 23.1 Å². The summed E-state index contributed by atoms with van der Waals surface area (Å²) >= 11 is 12.2. The molecule has 0 aliphatic heterocycles. The number of ether oxygens (including phenoxy) is 1. The highest BCUT2D eigenvalue weighted by Crippen LogP contribution is 2.24. The Hall–Kier alpha value is -2.24. The molecule has 5 nitrogen and oxygen atoms in total. The maximum Gasteiger partial charge on any atom is 0.261 e. The van der Waals surface area contributed by atoms with E-state index < -0.39 is 6.04 Å². The summed E-state index contributed by atoms with van der Waals surface area (Å²) in [6.07, 6.45) is 0.801. The molecule has 0 aliphatic carbocycles. The molecule has 2 amide bonds. The summed E-state index contributed by atoms with van der Waals surface area (Å²) < 4.78 is 5.80. The van der Waals surface area contributed by atoms with Crippen molar-refractivity contribution in [1.29, 1.82) is 0 Å². The van der Waals surface area contributed by atoms with Gasteiger partial charge in [-0.1, -0.05) is 48.3 Å². The number of benzene rings is 2. The van der Waals surface area contributed by atoms with Crippen molar-refractivity contribution in [1.82, 2.24) is 10.2 Å². The Morgan fingerprint density at radius 2 is 1.77 bits per heavy atom. The Kier molecular flexibility index (Phi) is 9.20. The molecule has 0 saturated heterocycles. The number of hydrogen-bond donors (Lipinski definition) is 1. The van der Waals surface area contributed by atoms with Crippen molar-refractivity contribution in [3.05, 3.63) is 63.1 Å². The van der Waals surface area contributed by atoms with E-state index in [-0.39, 0.29) is 31.0 Å². The van der Waals surface area contributed by atoms with E-state index in [0.29, 0.717) is 15.8 Å². The van der Waals surface area contributed by atoms with E-state index in [1.165, 1.54) is 4.90 Å². The summed E-state index contributed by atoms with van der Waals surface area (Å²) in [4.78, 5) is 27.4. The minimum absolute atomic E-state index is 0.0167. The average molecular weight is 465 g/mol. The van der Waals surface area contributed by atoms with E-state index in [1.807, 2.05) is 45.9 Å². The number of nitrogens with zero attached hydrogens (tertiary/aromatic N) is 1. The molecule has 0 spiro atoms. The molecule has 0 aliphatic rings. The van der Waals surface area contributed by atoms with Crippen LogP contribution in [-0.4, -0.2) is 35.4 Å². The lowest BCUT2D eigenvalue weighted by Crippen LogP contribution is -2.50. The Morgan fingerprint density at radius 1 is 1.06 bits per heavy atom. The molecule has 2 atom stereocenters. The molecule has 168 valence electrons. The van der Waals surface area contributed by atoms with Crippen LogP contribution in [0.2, 0.25) is 10.0 Å². The maximum atomic E-state index is 13.1. The summed E-state index contributed by atoms with van der Waals surface area (Å²) in [6, 6.07) is 10.3. The second-order valence-corrected chi connectivity index (χ2v) is 8.64. The van der Waals surface area contributed by atoms with Crippen LogP contribution in [0.15, 0.2) is 36.4 Å². The predicted octanol–water partition coefficient (Wildman–Crippen LogP) is 5.32. The lowest BCUT2D eigenvalue weighted by Gasteiger charge is -2.29. The van der Waals surface area contributed by atoms with Crippen LogP contribution < -0.4 is 10.1 Å². The minimum atomic E-state index is -0.682. The molecule has 0 bridgehead atoms. The number of nitrogens with one attached hydrogen (secondary N) is 1. The van der Waals surface area contributed by atoms with Gasteiger partial charge in [0.25, 0.3) is 5.91 Å². The second kappa shape index (κ2) is 11.4. The fraction of sp³-hybridized carbons (Fsp3) is 0.417. The first-order valence-electron chi connectivity index (χ1n) is 10.4. The molecule has 0 aromatic heterocycles. The van der Waals surface area contributed by atoms with Gasteiger partial charge in [0.05, 0.1) is 10.0 Å². The van der Waals surface area contributed by atoms with Crippen LogP contribution in [0.25, 0.3) is 0 Å². The fourth-order valence-corrected chi connectivity index (χ4v) is 3.29. The minimum Gasteiger partial charge on any atom is -0.483 e. The quantitative estimate of drug-likeness (QED) is 0.545. The highest BCUT2D eigenvalue weighted by molar-refractivity contribution is 6.42. The van der Waals surface area contributed by atoms with Gasteiger partial charge in [0.2, 0.25) is 5.91 Å². The third-order valence-corrected chi connectivity index (χ3v) is 5.94. The van der Waals surface area contributed by atoms with Gasteiger partial charge in [-0.15, -0.1) is 0 Å². The molecule has 2 aromatic carbocycles. The first-order valence-corrected chi connectivity index (χ1v) is 11.1. The van der Waals surface area contributed by atoms with Gasteiger partial charge in [-0.25, -0.2) is 0 Å². The van der Waals surface area contributed by atoms with E-state index in [4.69, 9.17) is 27.9 Å². The third kappa shape index (κ3) is 7.15. The number of carbonyl (C=O) groups is 2. The van der Waals surface area contributed by atoms with Crippen molar-refractivity contribution in [2.24, 2.45) is 0 Å². The summed E-state index contributed by atoms with van der Waals surface area (Å²) in [6.45, 7) is 9.56. The van der Waals surface area contributed by atoms with Gasteiger partial charge in [-0.05, 0) is 69.0 Å². The molecule has 31 heavy (non-hydrogen) atoms. The first kappa shape index (κ1) is 25.0. The van der Waals surface area contributed by atoms with E-state index in [9.17, 15) is 9.59 Å². The normalized spacial score (nSPS) is 12.7. The number of rotatable bonds is 9. The molecule has 1 N–H and O–H groups in total. The molecule has 0 saturated carbocycles. The number of carbonyl (C=O) groups excluding carboxylic acids is 2. The van der Waals surface area contributed by atoms with Crippen LogP contribution in [-0.2, 0) is 16.1 Å². The van der Waals surface area contributed by atoms with Crippen molar-refractivity contribution in [3.63, 3.8) is 0 Å². The summed E-state index contributed by atoms with van der Waals surface area (Å²) in [5.41, 5.74) is 2.76. The summed E-state index contributed by atoms with van der Waals surface area (Å²) in [5, 5.41) is 3.77. The molecule has 2 rings (SSSR count). The number of amides is 2.